The maximum atomic E-state index is 5.92. The molecule has 0 fully saturated rings. The minimum atomic E-state index is -0.101. The van der Waals surface area contributed by atoms with Crippen LogP contribution in [-0.2, 0) is 6.54 Å². The molecule has 3 nitrogen and oxygen atoms in total. The van der Waals surface area contributed by atoms with Crippen LogP contribution in [0, 0.1) is 0 Å². The second kappa shape index (κ2) is 12.4. The van der Waals surface area contributed by atoms with Crippen LogP contribution in [0.15, 0.2) is 81.0 Å². The molecule has 26 heavy (non-hydrogen) atoms. The van der Waals surface area contributed by atoms with Gasteiger partial charge in [0.25, 0.3) is 0 Å². The van der Waals surface area contributed by atoms with Crippen LogP contribution in [0.5, 0.6) is 0 Å². The molecular formula is C23H35N3. The second-order valence-corrected chi connectivity index (χ2v) is 6.68. The van der Waals surface area contributed by atoms with Crippen molar-refractivity contribution >= 4 is 0 Å². The summed E-state index contributed by atoms with van der Waals surface area (Å²) in [7, 11) is 0. The van der Waals surface area contributed by atoms with Crippen molar-refractivity contribution in [2.75, 3.05) is 32.7 Å². The number of hydrogen-bond donors (Lipinski definition) is 1. The van der Waals surface area contributed by atoms with Crippen molar-refractivity contribution in [2.24, 2.45) is 5.73 Å². The maximum absolute atomic E-state index is 5.92. The minimum absolute atomic E-state index is 0.101. The average Bonchev–Trinajstić information content (AvgIpc) is 2.63. The van der Waals surface area contributed by atoms with Crippen LogP contribution in [0.1, 0.15) is 18.4 Å². The Morgan fingerprint density at radius 3 is 1.92 bits per heavy atom. The summed E-state index contributed by atoms with van der Waals surface area (Å²) in [5, 5.41) is 0. The summed E-state index contributed by atoms with van der Waals surface area (Å²) in [5.74, 6) is 0. The Labute approximate surface area is 160 Å². The van der Waals surface area contributed by atoms with Crippen LogP contribution in [-0.4, -0.2) is 48.1 Å². The highest BCUT2D eigenvalue weighted by molar-refractivity contribution is 5.15. The van der Waals surface area contributed by atoms with Gasteiger partial charge in [-0.2, -0.15) is 0 Å². The summed E-state index contributed by atoms with van der Waals surface area (Å²) < 4.78 is 0. The summed E-state index contributed by atoms with van der Waals surface area (Å²) in [4.78, 5) is 4.85. The third kappa shape index (κ3) is 6.75. The van der Waals surface area contributed by atoms with Gasteiger partial charge >= 0.3 is 0 Å². The molecule has 2 N–H and O–H groups in total. The number of nitrogens with zero attached hydrogens (tertiary/aromatic N) is 2. The fourth-order valence-corrected chi connectivity index (χ4v) is 3.54. The summed E-state index contributed by atoms with van der Waals surface area (Å²) in [6.45, 7) is 20.8. The van der Waals surface area contributed by atoms with Crippen molar-refractivity contribution in [3.8, 4) is 0 Å². The fourth-order valence-electron chi connectivity index (χ4n) is 3.54. The van der Waals surface area contributed by atoms with E-state index in [4.69, 9.17) is 5.73 Å². The van der Waals surface area contributed by atoms with E-state index in [9.17, 15) is 0 Å². The molecule has 1 aromatic carbocycles. The van der Waals surface area contributed by atoms with Gasteiger partial charge in [-0.1, -0.05) is 54.6 Å². The van der Waals surface area contributed by atoms with E-state index in [0.29, 0.717) is 6.54 Å². The number of hydrogen-bond acceptors (Lipinski definition) is 3. The Bertz CT molecular complexity index is 530. The van der Waals surface area contributed by atoms with Gasteiger partial charge < -0.3 is 5.73 Å². The summed E-state index contributed by atoms with van der Waals surface area (Å²) in [6, 6.07) is 10.5. The summed E-state index contributed by atoms with van der Waals surface area (Å²) in [6.07, 6.45) is 9.66. The fraction of sp³-hybridized carbons (Fsp3) is 0.391. The molecule has 0 aliphatic heterocycles. The standard InChI is InChI=1S/C23H35N3/c1-5-14-23(15-6-2,26(17-7-3)18-8-4)21-25(19-16-24)20-22-12-10-9-11-13-22/h5-13H,1-4,14-21,24H2. The monoisotopic (exact) mass is 353 g/mol. The zero-order valence-electron chi connectivity index (χ0n) is 16.2. The molecule has 0 unspecified atom stereocenters. The van der Waals surface area contributed by atoms with E-state index in [2.05, 4.69) is 60.4 Å². The SMILES string of the molecule is C=CCN(CC=C)C(CC=C)(CC=C)CN(CCN)Cc1ccccc1. The zero-order chi connectivity index (χ0) is 19.3. The van der Waals surface area contributed by atoms with E-state index in [-0.39, 0.29) is 5.54 Å². The highest BCUT2D eigenvalue weighted by atomic mass is 15.3. The number of nitrogens with two attached hydrogens (primary N) is 1. The highest BCUT2D eigenvalue weighted by Crippen LogP contribution is 2.28. The van der Waals surface area contributed by atoms with Crippen molar-refractivity contribution < 1.29 is 0 Å². The molecule has 0 radical (unpaired) electrons. The Hall–Kier alpha value is -1.94. The van der Waals surface area contributed by atoms with Crippen LogP contribution in [0.2, 0.25) is 0 Å². The molecule has 0 heterocycles. The van der Waals surface area contributed by atoms with E-state index in [1.807, 2.05) is 30.4 Å². The van der Waals surface area contributed by atoms with Gasteiger partial charge in [-0.05, 0) is 18.4 Å². The smallest absolute Gasteiger partial charge is 0.0411 e. The van der Waals surface area contributed by atoms with Gasteiger partial charge in [0.1, 0.15) is 0 Å². The molecule has 0 aliphatic rings. The molecular weight excluding hydrogens is 318 g/mol. The van der Waals surface area contributed by atoms with Crippen LogP contribution in [0.4, 0.5) is 0 Å². The molecule has 0 bridgehead atoms. The Morgan fingerprint density at radius 2 is 1.46 bits per heavy atom. The first-order chi connectivity index (χ1) is 12.7. The molecule has 0 spiro atoms. The first kappa shape index (κ1) is 22.1. The Kier molecular flexibility index (Phi) is 10.6. The maximum Gasteiger partial charge on any atom is 0.0411 e. The normalized spacial score (nSPS) is 11.5. The Morgan fingerprint density at radius 1 is 0.885 bits per heavy atom. The molecule has 1 rings (SSSR count). The highest BCUT2D eigenvalue weighted by Gasteiger charge is 2.35. The lowest BCUT2D eigenvalue weighted by molar-refractivity contribution is 0.0660. The second-order valence-electron chi connectivity index (χ2n) is 6.68. The number of benzene rings is 1. The van der Waals surface area contributed by atoms with Gasteiger partial charge in [0, 0.05) is 44.8 Å². The van der Waals surface area contributed by atoms with Gasteiger partial charge in [0.2, 0.25) is 0 Å². The molecule has 0 aromatic heterocycles. The van der Waals surface area contributed by atoms with Crippen LogP contribution < -0.4 is 5.73 Å². The van der Waals surface area contributed by atoms with Crippen LogP contribution in [0.25, 0.3) is 0 Å². The van der Waals surface area contributed by atoms with Gasteiger partial charge in [-0.15, -0.1) is 26.3 Å². The third-order valence-corrected chi connectivity index (χ3v) is 4.63. The first-order valence-corrected chi connectivity index (χ1v) is 9.30. The zero-order valence-corrected chi connectivity index (χ0v) is 16.2. The van der Waals surface area contributed by atoms with Gasteiger partial charge in [-0.3, -0.25) is 9.80 Å². The molecule has 0 saturated carbocycles. The van der Waals surface area contributed by atoms with Crippen LogP contribution >= 0.6 is 0 Å². The quantitative estimate of drug-likeness (QED) is 0.484. The molecule has 3 heteroatoms. The van der Waals surface area contributed by atoms with Crippen molar-refractivity contribution in [3.05, 3.63) is 86.5 Å². The molecule has 1 aromatic rings. The third-order valence-electron chi connectivity index (χ3n) is 4.63. The summed E-state index contributed by atoms with van der Waals surface area (Å²) in [5.41, 5.74) is 7.11. The molecule has 0 amide bonds. The average molecular weight is 354 g/mol. The molecule has 142 valence electrons. The molecule has 0 saturated heterocycles. The molecule has 0 atom stereocenters. The van der Waals surface area contributed by atoms with Crippen LogP contribution in [0.3, 0.4) is 0 Å². The van der Waals surface area contributed by atoms with Gasteiger partial charge in [-0.25, -0.2) is 0 Å². The molecule has 0 aliphatic carbocycles. The largest absolute Gasteiger partial charge is 0.329 e. The Balaban J connectivity index is 3.14. The van der Waals surface area contributed by atoms with E-state index in [1.54, 1.807) is 0 Å². The van der Waals surface area contributed by atoms with Crippen molar-refractivity contribution in [2.45, 2.75) is 24.9 Å². The minimum Gasteiger partial charge on any atom is -0.329 e. The number of rotatable bonds is 15. The van der Waals surface area contributed by atoms with Gasteiger partial charge in [0.15, 0.2) is 0 Å². The predicted octanol–water partition coefficient (Wildman–Crippen LogP) is 4.01. The van der Waals surface area contributed by atoms with Crippen molar-refractivity contribution in [1.82, 2.24) is 9.80 Å². The lowest BCUT2D eigenvalue weighted by atomic mass is 9.87. The summed E-state index contributed by atoms with van der Waals surface area (Å²) >= 11 is 0. The van der Waals surface area contributed by atoms with E-state index in [1.165, 1.54) is 5.56 Å². The van der Waals surface area contributed by atoms with Crippen molar-refractivity contribution in [1.29, 1.82) is 0 Å². The lowest BCUT2D eigenvalue weighted by Crippen LogP contribution is -2.56. The van der Waals surface area contributed by atoms with E-state index < -0.39 is 0 Å². The van der Waals surface area contributed by atoms with Gasteiger partial charge in [0.05, 0.1) is 0 Å². The topological polar surface area (TPSA) is 32.5 Å². The van der Waals surface area contributed by atoms with E-state index in [0.717, 1.165) is 45.6 Å². The predicted molar refractivity (Wildman–Crippen MR) is 115 cm³/mol. The van der Waals surface area contributed by atoms with Crippen molar-refractivity contribution in [3.63, 3.8) is 0 Å². The lowest BCUT2D eigenvalue weighted by Gasteiger charge is -2.45. The first-order valence-electron chi connectivity index (χ1n) is 9.30. The van der Waals surface area contributed by atoms with E-state index >= 15 is 0 Å².